The summed E-state index contributed by atoms with van der Waals surface area (Å²) < 4.78 is 54.8. The Kier molecular flexibility index (Phi) is 5.87. The summed E-state index contributed by atoms with van der Waals surface area (Å²) in [6.07, 6.45) is -4.59. The molecule has 1 aromatic heterocycles. The number of alkyl halides is 3. The second-order valence-electron chi connectivity index (χ2n) is 7.31. The highest BCUT2D eigenvalue weighted by atomic mass is 32.2. The Labute approximate surface area is 189 Å². The Balaban J connectivity index is 1.58. The van der Waals surface area contributed by atoms with Crippen molar-refractivity contribution in [1.29, 1.82) is 0 Å². The first-order valence-electron chi connectivity index (χ1n) is 9.69. The summed E-state index contributed by atoms with van der Waals surface area (Å²) in [6, 6.07) is 8.88. The van der Waals surface area contributed by atoms with Crippen LogP contribution in [0.2, 0.25) is 0 Å². The molecule has 2 amide bonds. The first-order chi connectivity index (χ1) is 15.6. The number of rotatable bonds is 4. The number of aromatic nitrogens is 3. The Morgan fingerprint density at radius 3 is 2.61 bits per heavy atom. The average molecular weight is 479 g/mol. The predicted molar refractivity (Wildman–Crippen MR) is 114 cm³/mol. The van der Waals surface area contributed by atoms with E-state index in [1.165, 1.54) is 6.07 Å². The van der Waals surface area contributed by atoms with Crippen LogP contribution in [0.5, 0.6) is 0 Å². The van der Waals surface area contributed by atoms with Gasteiger partial charge in [-0.2, -0.15) is 13.2 Å². The van der Waals surface area contributed by atoms with Gasteiger partial charge in [-0.05, 0) is 37.3 Å². The minimum Gasteiger partial charge on any atom is -0.323 e. The standard InChI is InChI=1S/C21H17F4N5O2S/c1-11(33-20-28-27-18(29(20)2)13-5-3-4-6-14(13)22)19(32)30-10-17(31)26-15-9-12(21(23,24)25)7-8-16(15)30/h3-9,11H,10H2,1-2H3,(H,26,31). The van der Waals surface area contributed by atoms with Gasteiger partial charge in [0.1, 0.15) is 12.4 Å². The van der Waals surface area contributed by atoms with E-state index in [2.05, 4.69) is 15.5 Å². The highest BCUT2D eigenvalue weighted by Crippen LogP contribution is 2.38. The van der Waals surface area contributed by atoms with E-state index in [9.17, 15) is 27.2 Å². The van der Waals surface area contributed by atoms with Crippen molar-refractivity contribution >= 4 is 35.0 Å². The van der Waals surface area contributed by atoms with E-state index in [0.29, 0.717) is 5.16 Å². The molecule has 0 bridgehead atoms. The van der Waals surface area contributed by atoms with Crippen LogP contribution in [0, 0.1) is 5.82 Å². The fourth-order valence-corrected chi connectivity index (χ4v) is 4.26. The van der Waals surface area contributed by atoms with Crippen molar-refractivity contribution < 1.29 is 27.2 Å². The molecular weight excluding hydrogens is 462 g/mol. The summed E-state index contributed by atoms with van der Waals surface area (Å²) in [5.74, 6) is -1.29. The van der Waals surface area contributed by atoms with Gasteiger partial charge in [-0.15, -0.1) is 10.2 Å². The van der Waals surface area contributed by atoms with Gasteiger partial charge in [0.2, 0.25) is 11.8 Å². The maximum atomic E-state index is 14.1. The van der Waals surface area contributed by atoms with Gasteiger partial charge < -0.3 is 9.88 Å². The van der Waals surface area contributed by atoms with E-state index >= 15 is 0 Å². The molecule has 1 N–H and O–H groups in total. The number of anilines is 2. The second kappa shape index (κ2) is 8.50. The molecule has 7 nitrogen and oxygen atoms in total. The third kappa shape index (κ3) is 4.42. The number of carbonyl (C=O) groups is 2. The van der Waals surface area contributed by atoms with Gasteiger partial charge in [-0.25, -0.2) is 4.39 Å². The zero-order chi connectivity index (χ0) is 23.9. The maximum Gasteiger partial charge on any atom is 0.416 e. The van der Waals surface area contributed by atoms with Gasteiger partial charge in [0.15, 0.2) is 11.0 Å². The number of hydrogen-bond acceptors (Lipinski definition) is 5. The summed E-state index contributed by atoms with van der Waals surface area (Å²) >= 11 is 1.04. The largest absolute Gasteiger partial charge is 0.416 e. The van der Waals surface area contributed by atoms with Gasteiger partial charge in [0, 0.05) is 7.05 Å². The molecule has 0 saturated carbocycles. The minimum atomic E-state index is -4.59. The molecule has 0 fully saturated rings. The number of nitrogens with one attached hydrogen (secondary N) is 1. The molecule has 1 aliphatic heterocycles. The Bertz CT molecular complexity index is 1240. The molecule has 2 aromatic carbocycles. The lowest BCUT2D eigenvalue weighted by Gasteiger charge is -2.31. The number of fused-ring (bicyclic) bond motifs is 1. The van der Waals surface area contributed by atoms with E-state index in [-0.39, 0.29) is 29.3 Å². The SMILES string of the molecule is CC(Sc1nnc(-c2ccccc2F)n1C)C(=O)N1CC(=O)Nc2cc(C(F)(F)F)ccc21. The molecule has 12 heteroatoms. The maximum absolute atomic E-state index is 14.1. The Hall–Kier alpha value is -3.41. The van der Waals surface area contributed by atoms with Crippen molar-refractivity contribution in [2.45, 2.75) is 23.5 Å². The lowest BCUT2D eigenvalue weighted by molar-refractivity contribution is -0.137. The zero-order valence-corrected chi connectivity index (χ0v) is 18.2. The van der Waals surface area contributed by atoms with E-state index in [0.717, 1.165) is 34.9 Å². The van der Waals surface area contributed by atoms with Gasteiger partial charge in [0.25, 0.3) is 0 Å². The third-order valence-corrected chi connectivity index (χ3v) is 6.16. The van der Waals surface area contributed by atoms with E-state index < -0.39 is 34.6 Å². The van der Waals surface area contributed by atoms with E-state index in [1.54, 1.807) is 36.7 Å². The van der Waals surface area contributed by atoms with Crippen LogP contribution in [-0.2, 0) is 22.8 Å². The van der Waals surface area contributed by atoms with Crippen LogP contribution in [0.1, 0.15) is 12.5 Å². The predicted octanol–water partition coefficient (Wildman–Crippen LogP) is 4.11. The third-order valence-electron chi connectivity index (χ3n) is 5.04. The summed E-state index contributed by atoms with van der Waals surface area (Å²) in [6.45, 7) is 1.25. The van der Waals surface area contributed by atoms with Gasteiger partial charge in [-0.3, -0.25) is 14.5 Å². The van der Waals surface area contributed by atoms with Gasteiger partial charge >= 0.3 is 6.18 Å². The summed E-state index contributed by atoms with van der Waals surface area (Å²) in [5, 5.41) is 10.00. The lowest BCUT2D eigenvalue weighted by Crippen LogP contribution is -2.45. The second-order valence-corrected chi connectivity index (χ2v) is 8.62. The molecular formula is C21H17F4N5O2S. The highest BCUT2D eigenvalue weighted by molar-refractivity contribution is 8.00. The van der Waals surface area contributed by atoms with Crippen molar-refractivity contribution in [3.8, 4) is 11.4 Å². The van der Waals surface area contributed by atoms with Crippen LogP contribution < -0.4 is 10.2 Å². The summed E-state index contributed by atoms with van der Waals surface area (Å²) in [4.78, 5) is 26.3. The normalized spacial score (nSPS) is 14.6. The van der Waals surface area contributed by atoms with Crippen molar-refractivity contribution in [1.82, 2.24) is 14.8 Å². The van der Waals surface area contributed by atoms with Crippen LogP contribution >= 0.6 is 11.8 Å². The lowest BCUT2D eigenvalue weighted by atomic mass is 10.1. The van der Waals surface area contributed by atoms with Crippen LogP contribution in [-0.4, -0.2) is 38.4 Å². The smallest absolute Gasteiger partial charge is 0.323 e. The number of halogens is 4. The molecule has 0 saturated heterocycles. The van der Waals surface area contributed by atoms with Crippen molar-refractivity contribution in [2.24, 2.45) is 7.05 Å². The number of hydrogen-bond donors (Lipinski definition) is 1. The number of benzene rings is 2. The van der Waals surface area contributed by atoms with Gasteiger partial charge in [-0.1, -0.05) is 23.9 Å². The fourth-order valence-electron chi connectivity index (χ4n) is 3.39. The summed E-state index contributed by atoms with van der Waals surface area (Å²) in [5.41, 5.74) is -0.601. The number of carbonyl (C=O) groups excluding carboxylic acids is 2. The number of amides is 2. The summed E-state index contributed by atoms with van der Waals surface area (Å²) in [7, 11) is 1.63. The van der Waals surface area contributed by atoms with E-state index in [4.69, 9.17) is 0 Å². The van der Waals surface area contributed by atoms with E-state index in [1.807, 2.05) is 0 Å². The van der Waals surface area contributed by atoms with Crippen LogP contribution in [0.15, 0.2) is 47.6 Å². The van der Waals surface area contributed by atoms with Crippen LogP contribution in [0.25, 0.3) is 11.4 Å². The van der Waals surface area contributed by atoms with Crippen molar-refractivity contribution in [3.63, 3.8) is 0 Å². The molecule has 2 heterocycles. The first kappa shape index (κ1) is 22.8. The fraction of sp³-hybridized carbons (Fsp3) is 0.238. The van der Waals surface area contributed by atoms with Gasteiger partial charge in [0.05, 0.1) is 27.8 Å². The van der Waals surface area contributed by atoms with Crippen molar-refractivity contribution in [3.05, 3.63) is 53.8 Å². The van der Waals surface area contributed by atoms with Crippen molar-refractivity contribution in [2.75, 3.05) is 16.8 Å². The number of nitrogens with zero attached hydrogens (tertiary/aromatic N) is 4. The first-order valence-corrected chi connectivity index (χ1v) is 10.6. The molecule has 3 aromatic rings. The molecule has 0 spiro atoms. The van der Waals surface area contributed by atoms with Crippen LogP contribution in [0.4, 0.5) is 28.9 Å². The number of thioether (sulfide) groups is 1. The molecule has 4 rings (SSSR count). The highest BCUT2D eigenvalue weighted by Gasteiger charge is 2.35. The minimum absolute atomic E-state index is 0.0906. The molecule has 0 aliphatic carbocycles. The topological polar surface area (TPSA) is 80.1 Å². The quantitative estimate of drug-likeness (QED) is 0.450. The molecule has 0 radical (unpaired) electrons. The van der Waals surface area contributed by atoms with Crippen LogP contribution in [0.3, 0.4) is 0 Å². The molecule has 1 atom stereocenters. The average Bonchev–Trinajstić information content (AvgIpc) is 3.11. The Morgan fingerprint density at radius 2 is 1.91 bits per heavy atom. The monoisotopic (exact) mass is 479 g/mol. The zero-order valence-electron chi connectivity index (χ0n) is 17.4. The molecule has 1 aliphatic rings. The molecule has 172 valence electrons. The Morgan fingerprint density at radius 1 is 1.18 bits per heavy atom. The molecule has 33 heavy (non-hydrogen) atoms. The molecule has 1 unspecified atom stereocenters.